The number of hydrogen-bond donors (Lipinski definition) is 1. The van der Waals surface area contributed by atoms with Gasteiger partial charge in [0.25, 0.3) is 5.91 Å². The smallest absolute Gasteiger partial charge is 0.265 e. The Hall–Kier alpha value is -3.33. The Morgan fingerprint density at radius 1 is 1.24 bits per heavy atom. The van der Waals surface area contributed by atoms with Gasteiger partial charge in [0.1, 0.15) is 11.3 Å². The van der Waals surface area contributed by atoms with E-state index in [-0.39, 0.29) is 18.4 Å². The van der Waals surface area contributed by atoms with E-state index in [0.717, 1.165) is 0 Å². The maximum Gasteiger partial charge on any atom is 0.265 e. The number of rotatable bonds is 3. The van der Waals surface area contributed by atoms with Crippen LogP contribution in [-0.4, -0.2) is 24.0 Å². The van der Waals surface area contributed by atoms with Crippen molar-refractivity contribution in [3.8, 4) is 11.8 Å². The molecule has 126 valence electrons. The fourth-order valence-electron chi connectivity index (χ4n) is 2.76. The fourth-order valence-corrected chi connectivity index (χ4v) is 2.76. The predicted molar refractivity (Wildman–Crippen MR) is 93.3 cm³/mol. The quantitative estimate of drug-likeness (QED) is 0.935. The van der Waals surface area contributed by atoms with Crippen molar-refractivity contribution in [3.05, 3.63) is 54.1 Å². The number of nitrogens with zero attached hydrogens (tertiary/aromatic N) is 2. The molecule has 1 N–H and O–H groups in total. The number of benzene rings is 2. The molecule has 6 nitrogen and oxygen atoms in total. The van der Waals surface area contributed by atoms with Crippen LogP contribution < -0.4 is 15.0 Å². The monoisotopic (exact) mass is 335 g/mol. The SMILES string of the molecule is CC1(C)C(=O)Nc2ccccc2N1C(=O)COc1cccc(C#N)c1. The Morgan fingerprint density at radius 2 is 2.00 bits per heavy atom. The van der Waals surface area contributed by atoms with Gasteiger partial charge in [0, 0.05) is 0 Å². The number of carbonyl (C=O) groups excluding carboxylic acids is 2. The molecule has 0 saturated heterocycles. The summed E-state index contributed by atoms with van der Waals surface area (Å²) in [6.45, 7) is 3.14. The fraction of sp³-hybridized carbons (Fsp3) is 0.211. The zero-order valence-corrected chi connectivity index (χ0v) is 13.9. The molecule has 1 heterocycles. The lowest BCUT2D eigenvalue weighted by molar-refractivity contribution is -0.127. The third-order valence-electron chi connectivity index (χ3n) is 4.08. The Kier molecular flexibility index (Phi) is 4.15. The average molecular weight is 335 g/mol. The van der Waals surface area contributed by atoms with Crippen molar-refractivity contribution in [1.29, 1.82) is 5.26 Å². The van der Waals surface area contributed by atoms with Crippen molar-refractivity contribution in [2.45, 2.75) is 19.4 Å². The number of carbonyl (C=O) groups is 2. The highest BCUT2D eigenvalue weighted by atomic mass is 16.5. The normalized spacial score (nSPS) is 14.9. The van der Waals surface area contributed by atoms with Gasteiger partial charge in [-0.05, 0) is 44.2 Å². The van der Waals surface area contributed by atoms with E-state index in [1.165, 1.54) is 4.90 Å². The topological polar surface area (TPSA) is 82.4 Å². The van der Waals surface area contributed by atoms with Crippen LogP contribution in [0, 0.1) is 11.3 Å². The predicted octanol–water partition coefficient (Wildman–Crippen LogP) is 2.70. The van der Waals surface area contributed by atoms with Gasteiger partial charge in [-0.2, -0.15) is 5.26 Å². The van der Waals surface area contributed by atoms with E-state index in [1.807, 2.05) is 12.1 Å². The molecule has 0 saturated carbocycles. The molecule has 0 fully saturated rings. The lowest BCUT2D eigenvalue weighted by Crippen LogP contribution is -2.59. The van der Waals surface area contributed by atoms with E-state index in [2.05, 4.69) is 5.32 Å². The highest BCUT2D eigenvalue weighted by Gasteiger charge is 2.43. The lowest BCUT2D eigenvalue weighted by atomic mass is 9.96. The minimum absolute atomic E-state index is 0.236. The first-order valence-corrected chi connectivity index (χ1v) is 7.80. The molecule has 0 spiro atoms. The molecule has 2 aromatic carbocycles. The number of anilines is 2. The summed E-state index contributed by atoms with van der Waals surface area (Å²) in [5, 5.41) is 11.7. The van der Waals surface area contributed by atoms with Crippen LogP contribution >= 0.6 is 0 Å². The van der Waals surface area contributed by atoms with Crippen LogP contribution in [0.4, 0.5) is 11.4 Å². The molecule has 6 heteroatoms. The summed E-state index contributed by atoms with van der Waals surface area (Å²) in [6.07, 6.45) is 0. The van der Waals surface area contributed by atoms with Gasteiger partial charge in [-0.1, -0.05) is 18.2 Å². The first-order chi connectivity index (χ1) is 11.9. The van der Waals surface area contributed by atoms with Gasteiger partial charge in [-0.15, -0.1) is 0 Å². The number of nitriles is 1. The van der Waals surface area contributed by atoms with Gasteiger partial charge in [0.2, 0.25) is 5.91 Å². The minimum atomic E-state index is -1.04. The average Bonchev–Trinajstić information content (AvgIpc) is 2.61. The third kappa shape index (κ3) is 3.04. The van der Waals surface area contributed by atoms with Crippen molar-refractivity contribution < 1.29 is 14.3 Å². The van der Waals surface area contributed by atoms with Gasteiger partial charge >= 0.3 is 0 Å². The molecule has 0 aromatic heterocycles. The number of nitrogens with one attached hydrogen (secondary N) is 1. The molecular weight excluding hydrogens is 318 g/mol. The number of amides is 2. The molecule has 0 bridgehead atoms. The molecule has 1 aliphatic rings. The van der Waals surface area contributed by atoms with E-state index < -0.39 is 5.54 Å². The highest BCUT2D eigenvalue weighted by Crippen LogP contribution is 2.36. The summed E-state index contributed by atoms with van der Waals surface area (Å²) in [5.74, 6) is -0.166. The summed E-state index contributed by atoms with van der Waals surface area (Å²) >= 11 is 0. The second kappa shape index (κ2) is 6.29. The zero-order valence-electron chi connectivity index (χ0n) is 13.9. The third-order valence-corrected chi connectivity index (χ3v) is 4.08. The van der Waals surface area contributed by atoms with Gasteiger partial charge in [-0.25, -0.2) is 0 Å². The maximum absolute atomic E-state index is 12.8. The van der Waals surface area contributed by atoms with Crippen LogP contribution in [0.5, 0.6) is 5.75 Å². The number of ether oxygens (including phenoxy) is 1. The number of fused-ring (bicyclic) bond motifs is 1. The van der Waals surface area contributed by atoms with E-state index in [4.69, 9.17) is 10.00 Å². The molecule has 3 rings (SSSR count). The molecule has 25 heavy (non-hydrogen) atoms. The summed E-state index contributed by atoms with van der Waals surface area (Å²) in [6, 6.07) is 15.7. The van der Waals surface area contributed by atoms with Gasteiger partial charge < -0.3 is 10.1 Å². The molecule has 2 aromatic rings. The molecule has 0 radical (unpaired) electrons. The van der Waals surface area contributed by atoms with Crippen molar-refractivity contribution >= 4 is 23.2 Å². The van der Waals surface area contributed by atoms with Crippen LogP contribution in [-0.2, 0) is 9.59 Å². The van der Waals surface area contributed by atoms with Gasteiger partial charge in [0.05, 0.1) is 23.0 Å². The number of hydrogen-bond acceptors (Lipinski definition) is 4. The summed E-state index contributed by atoms with van der Waals surface area (Å²) in [5.41, 5.74) is 0.634. The van der Waals surface area contributed by atoms with Crippen LogP contribution in [0.3, 0.4) is 0 Å². The first kappa shape index (κ1) is 16.5. The molecule has 1 aliphatic heterocycles. The second-order valence-corrected chi connectivity index (χ2v) is 6.19. The zero-order chi connectivity index (χ0) is 18.0. The molecule has 0 aliphatic carbocycles. The Balaban J connectivity index is 1.85. The largest absolute Gasteiger partial charge is 0.484 e. The second-order valence-electron chi connectivity index (χ2n) is 6.19. The molecule has 0 unspecified atom stereocenters. The summed E-state index contributed by atoms with van der Waals surface area (Å²) in [4.78, 5) is 26.6. The Bertz CT molecular complexity index is 883. The molecule has 0 atom stereocenters. The first-order valence-electron chi connectivity index (χ1n) is 7.80. The van der Waals surface area contributed by atoms with Crippen molar-refractivity contribution in [2.24, 2.45) is 0 Å². The van der Waals surface area contributed by atoms with Crippen LogP contribution in [0.15, 0.2) is 48.5 Å². The van der Waals surface area contributed by atoms with E-state index in [0.29, 0.717) is 22.7 Å². The van der Waals surface area contributed by atoms with Crippen molar-refractivity contribution in [1.82, 2.24) is 0 Å². The molecule has 2 amide bonds. The van der Waals surface area contributed by atoms with Crippen LogP contribution in [0.2, 0.25) is 0 Å². The maximum atomic E-state index is 12.8. The van der Waals surface area contributed by atoms with Gasteiger partial charge in [-0.3, -0.25) is 14.5 Å². The van der Waals surface area contributed by atoms with E-state index in [1.54, 1.807) is 56.3 Å². The van der Waals surface area contributed by atoms with Crippen molar-refractivity contribution in [3.63, 3.8) is 0 Å². The van der Waals surface area contributed by atoms with Crippen LogP contribution in [0.25, 0.3) is 0 Å². The lowest BCUT2D eigenvalue weighted by Gasteiger charge is -2.41. The standard InChI is InChI=1S/C19H17N3O3/c1-19(2)18(24)21-15-8-3-4-9-16(15)22(19)17(23)12-25-14-7-5-6-13(10-14)11-20/h3-10H,12H2,1-2H3,(H,21,24). The molecular formula is C19H17N3O3. The summed E-state index contributed by atoms with van der Waals surface area (Å²) < 4.78 is 5.53. The van der Waals surface area contributed by atoms with E-state index in [9.17, 15) is 9.59 Å². The van der Waals surface area contributed by atoms with Crippen molar-refractivity contribution in [2.75, 3.05) is 16.8 Å². The minimum Gasteiger partial charge on any atom is -0.484 e. The van der Waals surface area contributed by atoms with Gasteiger partial charge in [0.15, 0.2) is 6.61 Å². The highest BCUT2D eigenvalue weighted by molar-refractivity contribution is 6.14. The summed E-state index contributed by atoms with van der Waals surface area (Å²) in [7, 11) is 0. The van der Waals surface area contributed by atoms with E-state index >= 15 is 0 Å². The Morgan fingerprint density at radius 3 is 2.76 bits per heavy atom. The Labute approximate surface area is 145 Å². The number of para-hydroxylation sites is 2. The van der Waals surface area contributed by atoms with Crippen LogP contribution in [0.1, 0.15) is 19.4 Å².